The van der Waals surface area contributed by atoms with Gasteiger partial charge in [0.15, 0.2) is 0 Å². The van der Waals surface area contributed by atoms with Gasteiger partial charge in [-0.1, -0.05) is 42.5 Å². The van der Waals surface area contributed by atoms with Crippen LogP contribution in [0.25, 0.3) is 0 Å². The zero-order valence-electron chi connectivity index (χ0n) is 12.0. The predicted octanol–water partition coefficient (Wildman–Crippen LogP) is 2.97. The summed E-state index contributed by atoms with van der Waals surface area (Å²) < 4.78 is 0. The molecule has 0 saturated carbocycles. The summed E-state index contributed by atoms with van der Waals surface area (Å²) >= 11 is 0. The van der Waals surface area contributed by atoms with Gasteiger partial charge in [-0.25, -0.2) is 0 Å². The Kier molecular flexibility index (Phi) is 3.91. The van der Waals surface area contributed by atoms with Crippen LogP contribution in [-0.4, -0.2) is 23.9 Å². The molecule has 1 heterocycles. The lowest BCUT2D eigenvalue weighted by Crippen LogP contribution is -2.29. The lowest BCUT2D eigenvalue weighted by Gasteiger charge is -2.17. The van der Waals surface area contributed by atoms with Crippen molar-refractivity contribution >= 4 is 11.6 Å². The Bertz CT molecular complexity index is 624. The third kappa shape index (κ3) is 3.07. The van der Waals surface area contributed by atoms with Gasteiger partial charge in [0.1, 0.15) is 0 Å². The molecule has 1 fully saturated rings. The van der Waals surface area contributed by atoms with Gasteiger partial charge in [-0.15, -0.1) is 0 Å². The molecule has 21 heavy (non-hydrogen) atoms. The van der Waals surface area contributed by atoms with Crippen LogP contribution in [-0.2, 0) is 6.42 Å². The first kappa shape index (κ1) is 13.7. The molecule has 1 unspecified atom stereocenters. The predicted molar refractivity (Wildman–Crippen MR) is 85.0 cm³/mol. The molecule has 1 aliphatic heterocycles. The fraction of sp³-hybridized carbons (Fsp3) is 0.278. The maximum Gasteiger partial charge on any atom is 0.255 e. The van der Waals surface area contributed by atoms with Gasteiger partial charge in [0.25, 0.3) is 5.91 Å². The highest BCUT2D eigenvalue weighted by molar-refractivity contribution is 5.99. The third-order valence-electron chi connectivity index (χ3n) is 4.13. The number of para-hydroxylation sites is 1. The minimum Gasteiger partial charge on any atom is -0.398 e. The fourth-order valence-electron chi connectivity index (χ4n) is 2.99. The zero-order valence-corrected chi connectivity index (χ0v) is 12.0. The van der Waals surface area contributed by atoms with Gasteiger partial charge in [-0.2, -0.15) is 0 Å². The monoisotopic (exact) mass is 280 g/mol. The van der Waals surface area contributed by atoms with Crippen molar-refractivity contribution in [1.82, 2.24) is 4.90 Å². The Morgan fingerprint density at radius 3 is 2.57 bits per heavy atom. The van der Waals surface area contributed by atoms with E-state index >= 15 is 0 Å². The quantitative estimate of drug-likeness (QED) is 0.879. The van der Waals surface area contributed by atoms with Crippen molar-refractivity contribution in [1.29, 1.82) is 0 Å². The number of nitrogen functional groups attached to an aromatic ring is 1. The number of nitrogens with two attached hydrogens (primary N) is 1. The van der Waals surface area contributed by atoms with Gasteiger partial charge >= 0.3 is 0 Å². The van der Waals surface area contributed by atoms with E-state index in [-0.39, 0.29) is 5.91 Å². The van der Waals surface area contributed by atoms with E-state index in [9.17, 15) is 4.79 Å². The minimum atomic E-state index is 0.0589. The molecule has 0 radical (unpaired) electrons. The molecule has 2 aromatic rings. The topological polar surface area (TPSA) is 46.3 Å². The van der Waals surface area contributed by atoms with Gasteiger partial charge in [-0.3, -0.25) is 4.79 Å². The molecule has 1 atom stereocenters. The van der Waals surface area contributed by atoms with Crippen LogP contribution >= 0.6 is 0 Å². The number of anilines is 1. The van der Waals surface area contributed by atoms with Crippen molar-refractivity contribution in [3.63, 3.8) is 0 Å². The lowest BCUT2D eigenvalue weighted by atomic mass is 9.99. The van der Waals surface area contributed by atoms with Gasteiger partial charge in [0, 0.05) is 18.8 Å². The molecule has 0 aromatic heterocycles. The molecule has 0 aliphatic carbocycles. The van der Waals surface area contributed by atoms with Gasteiger partial charge in [0.05, 0.1) is 5.56 Å². The van der Waals surface area contributed by atoms with Crippen LogP contribution in [0.4, 0.5) is 5.69 Å². The number of nitrogens with zero attached hydrogens (tertiary/aromatic N) is 1. The lowest BCUT2D eigenvalue weighted by molar-refractivity contribution is 0.0788. The Balaban J connectivity index is 1.65. The van der Waals surface area contributed by atoms with Crippen LogP contribution in [0, 0.1) is 5.92 Å². The first-order valence-corrected chi connectivity index (χ1v) is 7.42. The largest absolute Gasteiger partial charge is 0.398 e. The van der Waals surface area contributed by atoms with Crippen molar-refractivity contribution in [3.05, 3.63) is 65.7 Å². The molecule has 108 valence electrons. The molecule has 2 aromatic carbocycles. The summed E-state index contributed by atoms with van der Waals surface area (Å²) in [4.78, 5) is 14.4. The van der Waals surface area contributed by atoms with Crippen LogP contribution < -0.4 is 5.73 Å². The molecule has 1 amide bonds. The number of benzene rings is 2. The maximum absolute atomic E-state index is 12.5. The van der Waals surface area contributed by atoms with E-state index in [4.69, 9.17) is 5.73 Å². The maximum atomic E-state index is 12.5. The second-order valence-corrected chi connectivity index (χ2v) is 5.68. The van der Waals surface area contributed by atoms with E-state index in [1.54, 1.807) is 6.07 Å². The number of carbonyl (C=O) groups is 1. The highest BCUT2D eigenvalue weighted by Gasteiger charge is 2.27. The van der Waals surface area contributed by atoms with Crippen molar-refractivity contribution < 1.29 is 4.79 Å². The van der Waals surface area contributed by atoms with Crippen molar-refractivity contribution in [3.8, 4) is 0 Å². The minimum absolute atomic E-state index is 0.0589. The van der Waals surface area contributed by atoms with Crippen molar-refractivity contribution in [2.75, 3.05) is 18.8 Å². The molecule has 3 nitrogen and oxygen atoms in total. The summed E-state index contributed by atoms with van der Waals surface area (Å²) in [6.45, 7) is 1.65. The second-order valence-electron chi connectivity index (χ2n) is 5.68. The Labute approximate surface area is 125 Å². The summed E-state index contributed by atoms with van der Waals surface area (Å²) in [6, 6.07) is 17.8. The van der Waals surface area contributed by atoms with Gasteiger partial charge < -0.3 is 10.6 Å². The Morgan fingerprint density at radius 1 is 1.10 bits per heavy atom. The number of hydrogen-bond acceptors (Lipinski definition) is 2. The first-order chi connectivity index (χ1) is 10.2. The molecule has 0 spiro atoms. The summed E-state index contributed by atoms with van der Waals surface area (Å²) in [7, 11) is 0. The van der Waals surface area contributed by atoms with Crippen LogP contribution in [0.2, 0.25) is 0 Å². The second kappa shape index (κ2) is 6.00. The van der Waals surface area contributed by atoms with Crippen LogP contribution in [0.3, 0.4) is 0 Å². The molecule has 2 N–H and O–H groups in total. The third-order valence-corrected chi connectivity index (χ3v) is 4.13. The van der Waals surface area contributed by atoms with E-state index in [0.717, 1.165) is 25.9 Å². The highest BCUT2D eigenvalue weighted by atomic mass is 16.2. The van der Waals surface area contributed by atoms with Gasteiger partial charge in [-0.05, 0) is 36.5 Å². The van der Waals surface area contributed by atoms with Crippen LogP contribution in [0.15, 0.2) is 54.6 Å². The molecule has 1 aliphatic rings. The standard InChI is InChI=1S/C18H20N2O/c19-17-9-5-4-8-16(17)18(21)20-11-10-15(13-20)12-14-6-2-1-3-7-14/h1-9,15H,10-13,19H2. The number of carbonyl (C=O) groups excluding carboxylic acids is 1. The molecular formula is C18H20N2O. The summed E-state index contributed by atoms with van der Waals surface area (Å²) in [6.07, 6.45) is 2.10. The van der Waals surface area contributed by atoms with Gasteiger partial charge in [0.2, 0.25) is 0 Å². The number of rotatable bonds is 3. The van der Waals surface area contributed by atoms with E-state index < -0.39 is 0 Å². The van der Waals surface area contributed by atoms with Crippen LogP contribution in [0.5, 0.6) is 0 Å². The summed E-state index contributed by atoms with van der Waals surface area (Å²) in [5, 5.41) is 0. The Morgan fingerprint density at radius 2 is 1.81 bits per heavy atom. The average molecular weight is 280 g/mol. The highest BCUT2D eigenvalue weighted by Crippen LogP contribution is 2.23. The molecule has 0 bridgehead atoms. The van der Waals surface area contributed by atoms with E-state index in [1.807, 2.05) is 29.2 Å². The van der Waals surface area contributed by atoms with E-state index in [1.165, 1.54) is 5.56 Å². The zero-order chi connectivity index (χ0) is 14.7. The van der Waals surface area contributed by atoms with E-state index in [2.05, 4.69) is 24.3 Å². The number of likely N-dealkylation sites (tertiary alicyclic amines) is 1. The normalized spacial score (nSPS) is 17.9. The van der Waals surface area contributed by atoms with Crippen molar-refractivity contribution in [2.45, 2.75) is 12.8 Å². The molecule has 3 heteroatoms. The average Bonchev–Trinajstić information content (AvgIpc) is 2.97. The van der Waals surface area contributed by atoms with Crippen LogP contribution in [0.1, 0.15) is 22.3 Å². The number of hydrogen-bond donors (Lipinski definition) is 1. The number of amides is 1. The molecular weight excluding hydrogens is 260 g/mol. The fourth-order valence-corrected chi connectivity index (χ4v) is 2.99. The van der Waals surface area contributed by atoms with E-state index in [0.29, 0.717) is 17.2 Å². The molecule has 1 saturated heterocycles. The first-order valence-electron chi connectivity index (χ1n) is 7.42. The summed E-state index contributed by atoms with van der Waals surface area (Å²) in [5.41, 5.74) is 8.43. The molecule has 3 rings (SSSR count). The Hall–Kier alpha value is -2.29. The smallest absolute Gasteiger partial charge is 0.255 e. The summed E-state index contributed by atoms with van der Waals surface area (Å²) in [5.74, 6) is 0.602. The SMILES string of the molecule is Nc1ccccc1C(=O)N1CCC(Cc2ccccc2)C1. The van der Waals surface area contributed by atoms with Crippen molar-refractivity contribution in [2.24, 2.45) is 5.92 Å².